The topological polar surface area (TPSA) is 180 Å². The van der Waals surface area contributed by atoms with Crippen molar-refractivity contribution in [3.63, 3.8) is 0 Å². The molecule has 2 N–H and O–H groups in total. The molecule has 8 rings (SSSR count). The summed E-state index contributed by atoms with van der Waals surface area (Å²) in [5.74, 6) is -0.971. The van der Waals surface area contributed by atoms with Crippen molar-refractivity contribution in [1.82, 2.24) is 14.9 Å². The average Bonchev–Trinajstić information content (AvgIpc) is 4.14. The maximum Gasteiger partial charge on any atom is 0.310 e. The van der Waals surface area contributed by atoms with E-state index in [-0.39, 0.29) is 61.1 Å². The number of esters is 1. The first-order valence-electron chi connectivity index (χ1n) is 21.1. The highest BCUT2D eigenvalue weighted by atomic mass is 35.5. The molecule has 3 heterocycles. The lowest BCUT2D eigenvalue weighted by Crippen LogP contribution is -2.48. The number of likely N-dealkylation sites (tertiary alicyclic amines) is 1. The fourth-order valence-corrected chi connectivity index (χ4v) is 9.54. The quantitative estimate of drug-likeness (QED) is 0.0961. The largest absolute Gasteiger partial charge is 0.490 e. The number of methoxy groups -OCH3 is 1. The van der Waals surface area contributed by atoms with Crippen molar-refractivity contribution >= 4 is 52.1 Å². The minimum Gasteiger partial charge on any atom is -0.490 e. The number of carbonyl (C=O) groups excluding carboxylic acids is 3. The summed E-state index contributed by atoms with van der Waals surface area (Å²) in [6.45, 7) is 8.29. The van der Waals surface area contributed by atoms with E-state index < -0.39 is 40.8 Å². The Morgan fingerprint density at radius 1 is 1.03 bits per heavy atom. The van der Waals surface area contributed by atoms with Crippen molar-refractivity contribution in [2.45, 2.75) is 116 Å². The molecule has 15 heteroatoms. The van der Waals surface area contributed by atoms with Gasteiger partial charge in [-0.05, 0) is 73.8 Å². The van der Waals surface area contributed by atoms with Crippen LogP contribution < -0.4 is 14.8 Å². The van der Waals surface area contributed by atoms with E-state index in [2.05, 4.69) is 10.3 Å². The van der Waals surface area contributed by atoms with Crippen LogP contribution in [-0.4, -0.2) is 94.8 Å². The van der Waals surface area contributed by atoms with Gasteiger partial charge < -0.3 is 38.7 Å². The van der Waals surface area contributed by atoms with E-state index >= 15 is 0 Å². The minimum absolute atomic E-state index is 0.0324. The van der Waals surface area contributed by atoms with Gasteiger partial charge >= 0.3 is 11.9 Å². The second-order valence-electron chi connectivity index (χ2n) is 18.4. The number of anilines is 1. The molecule has 5 aliphatic rings. The van der Waals surface area contributed by atoms with Crippen molar-refractivity contribution in [1.29, 1.82) is 0 Å². The Hall–Kier alpha value is -4.43. The number of hydrogen-bond donors (Lipinski definition) is 2. The van der Waals surface area contributed by atoms with Gasteiger partial charge in [0.2, 0.25) is 5.91 Å². The molecule has 1 saturated heterocycles. The zero-order chi connectivity index (χ0) is 41.8. The first kappa shape index (κ1) is 41.3. The van der Waals surface area contributed by atoms with E-state index in [0.717, 1.165) is 25.7 Å². The summed E-state index contributed by atoms with van der Waals surface area (Å²) in [4.78, 5) is 66.2. The first-order chi connectivity index (χ1) is 28.2. The van der Waals surface area contributed by atoms with E-state index in [1.54, 1.807) is 25.3 Å². The molecule has 0 bridgehead atoms. The van der Waals surface area contributed by atoms with E-state index in [1.807, 2.05) is 27.7 Å². The number of halogens is 1. The molecule has 14 nitrogen and oxygen atoms in total. The van der Waals surface area contributed by atoms with Gasteiger partial charge in [-0.2, -0.15) is 4.98 Å². The molecule has 1 amide bonds. The molecule has 4 saturated carbocycles. The van der Waals surface area contributed by atoms with Crippen molar-refractivity contribution in [2.24, 2.45) is 34.5 Å². The van der Waals surface area contributed by atoms with Gasteiger partial charge in [0.15, 0.2) is 5.78 Å². The SMILES string of the molecule is CC[C@@H]1C[C@]1(CC(=O)[C@@H]1C[C@@H](Oc2cc(-c3coc(NC4CC4)n3)nc3c(Cl)c(OCCOC)ccc23)CN1C(=O)C(CC(=O)OC1C[C@@H]2C[C@@H]2C1)C(C)(C)C)C(=O)O. The summed E-state index contributed by atoms with van der Waals surface area (Å²) in [7, 11) is 1.58. The lowest BCUT2D eigenvalue weighted by molar-refractivity contribution is -0.157. The minimum atomic E-state index is -1.16. The zero-order valence-electron chi connectivity index (χ0n) is 34.5. The Morgan fingerprint density at radius 3 is 2.46 bits per heavy atom. The lowest BCUT2D eigenvalue weighted by Gasteiger charge is -2.35. The molecule has 318 valence electrons. The Balaban J connectivity index is 1.10. The van der Waals surface area contributed by atoms with Crippen LogP contribution in [0.3, 0.4) is 0 Å². The predicted octanol–water partition coefficient (Wildman–Crippen LogP) is 7.35. The molecule has 1 aliphatic heterocycles. The summed E-state index contributed by atoms with van der Waals surface area (Å²) in [6, 6.07) is 4.98. The molecular weight excluding hydrogens is 780 g/mol. The molecule has 59 heavy (non-hydrogen) atoms. The third kappa shape index (κ3) is 8.75. The van der Waals surface area contributed by atoms with Gasteiger partial charge in [0.05, 0.1) is 48.2 Å². The normalized spacial score (nSPS) is 27.6. The molecule has 8 atom stereocenters. The highest BCUT2D eigenvalue weighted by Gasteiger charge is 2.61. The van der Waals surface area contributed by atoms with E-state index in [4.69, 9.17) is 39.9 Å². The first-order valence-corrected chi connectivity index (χ1v) is 21.4. The summed E-state index contributed by atoms with van der Waals surface area (Å²) in [6.07, 6.45) is 6.53. The number of rotatable bonds is 18. The third-order valence-corrected chi connectivity index (χ3v) is 13.5. The monoisotopic (exact) mass is 834 g/mol. The number of benzene rings is 1. The highest BCUT2D eigenvalue weighted by Crippen LogP contribution is 2.58. The number of hydrogen-bond acceptors (Lipinski definition) is 12. The number of aliphatic carboxylic acids is 1. The van der Waals surface area contributed by atoms with Crippen LogP contribution in [0.25, 0.3) is 22.3 Å². The molecule has 2 aromatic heterocycles. The molecule has 1 aromatic carbocycles. The molecule has 5 fully saturated rings. The molecular formula is C44H55ClN4O10. The summed E-state index contributed by atoms with van der Waals surface area (Å²) < 4.78 is 29.4. The molecule has 0 radical (unpaired) electrons. The van der Waals surface area contributed by atoms with Gasteiger partial charge in [0.25, 0.3) is 6.01 Å². The number of carbonyl (C=O) groups is 4. The third-order valence-electron chi connectivity index (χ3n) is 13.1. The molecule has 4 aliphatic carbocycles. The number of pyridine rings is 1. The Bertz CT molecular complexity index is 2100. The van der Waals surface area contributed by atoms with Crippen LogP contribution in [0.15, 0.2) is 28.9 Å². The Kier molecular flexibility index (Phi) is 11.3. The van der Waals surface area contributed by atoms with Crippen LogP contribution >= 0.6 is 11.6 Å². The number of aromatic nitrogens is 2. The molecule has 3 aromatic rings. The number of oxazole rings is 1. The zero-order valence-corrected chi connectivity index (χ0v) is 35.2. The number of amides is 1. The molecule has 2 unspecified atom stereocenters. The Labute approximate surface area is 349 Å². The summed E-state index contributed by atoms with van der Waals surface area (Å²) >= 11 is 6.96. The summed E-state index contributed by atoms with van der Waals surface area (Å²) in [5.41, 5.74) is -0.561. The van der Waals surface area contributed by atoms with Crippen molar-refractivity contribution in [2.75, 3.05) is 32.2 Å². The Morgan fingerprint density at radius 2 is 1.80 bits per heavy atom. The highest BCUT2D eigenvalue weighted by molar-refractivity contribution is 6.36. The average molecular weight is 835 g/mol. The maximum atomic E-state index is 14.8. The van der Waals surface area contributed by atoms with Gasteiger partial charge in [0, 0.05) is 37.4 Å². The number of ketones is 1. The van der Waals surface area contributed by atoms with Gasteiger partial charge in [0.1, 0.15) is 47.3 Å². The van der Waals surface area contributed by atoms with E-state index in [1.165, 1.54) is 17.6 Å². The maximum absolute atomic E-state index is 14.8. The summed E-state index contributed by atoms with van der Waals surface area (Å²) in [5, 5.41) is 14.3. The number of carboxylic acid groups (broad SMARTS) is 1. The van der Waals surface area contributed by atoms with Gasteiger partial charge in [-0.15, -0.1) is 0 Å². The number of fused-ring (bicyclic) bond motifs is 2. The smallest absolute Gasteiger partial charge is 0.310 e. The van der Waals surface area contributed by atoms with Crippen molar-refractivity contribution in [3.05, 3.63) is 29.5 Å². The number of ether oxygens (including phenoxy) is 4. The van der Waals surface area contributed by atoms with Crippen LogP contribution in [-0.2, 0) is 28.7 Å². The second kappa shape index (κ2) is 16.2. The second-order valence-corrected chi connectivity index (χ2v) is 18.8. The number of nitrogens with one attached hydrogen (secondary N) is 1. The lowest BCUT2D eigenvalue weighted by atomic mass is 9.77. The molecule has 0 spiro atoms. The van der Waals surface area contributed by atoms with Crippen LogP contribution in [0.1, 0.15) is 91.9 Å². The van der Waals surface area contributed by atoms with E-state index in [9.17, 15) is 24.3 Å². The van der Waals surface area contributed by atoms with E-state index in [0.29, 0.717) is 77.1 Å². The fourth-order valence-electron chi connectivity index (χ4n) is 9.27. The van der Waals surface area contributed by atoms with Crippen LogP contribution in [0.4, 0.5) is 6.01 Å². The standard InChI is InChI=1S/C44H55ClN4O10/c1-6-25-19-44(25,41(53)54)20-34(50)33-16-28(21-49(33)40(52)30(43(2,3)4)17-37(51)59-27-14-23-13-24(23)15-27)58-36-18-31(32-22-57-42(48-32)46-26-7-8-26)47-39-29(36)9-10-35(38(39)45)56-12-11-55-5/h9-10,18,22-28,30,33H,6-8,11-17,19-21H2,1-5H3,(H,46,48)(H,53,54)/t23-,24+,25-,27?,28-,30?,33+,44-/m1/s1. The van der Waals surface area contributed by atoms with Gasteiger partial charge in [-0.1, -0.05) is 45.7 Å². The van der Waals surface area contributed by atoms with Gasteiger partial charge in [-0.3, -0.25) is 19.2 Å². The van der Waals surface area contributed by atoms with Crippen molar-refractivity contribution < 1.29 is 47.6 Å². The van der Waals surface area contributed by atoms with Crippen LogP contribution in [0, 0.1) is 34.5 Å². The van der Waals surface area contributed by atoms with Crippen LogP contribution in [0.2, 0.25) is 5.02 Å². The predicted molar refractivity (Wildman–Crippen MR) is 217 cm³/mol. The number of Topliss-reactive ketones (excluding diaryl/α,β-unsaturated/α-hetero) is 1. The van der Waals surface area contributed by atoms with Crippen molar-refractivity contribution in [3.8, 4) is 22.9 Å². The van der Waals surface area contributed by atoms with Gasteiger partial charge in [-0.25, -0.2) is 4.98 Å². The number of carboxylic acids is 1. The number of nitrogens with zero attached hydrogens (tertiary/aromatic N) is 3. The van der Waals surface area contributed by atoms with Crippen LogP contribution in [0.5, 0.6) is 11.5 Å². The fraction of sp³-hybridized carbons (Fsp3) is 0.636.